The molecule has 1 heterocycles. The third kappa shape index (κ3) is 0.856. The van der Waals surface area contributed by atoms with Gasteiger partial charge >= 0.3 is 0 Å². The average molecular weight is 136 g/mol. The van der Waals surface area contributed by atoms with Crippen LogP contribution in [0.15, 0.2) is 16.5 Å². The number of carbonyl (C=O) groups is 1. The maximum Gasteiger partial charge on any atom is 0.185 e. The Kier molecular flexibility index (Phi) is 1.13. The smallest absolute Gasteiger partial charge is 0.185 e. The van der Waals surface area contributed by atoms with Crippen LogP contribution < -0.4 is 0 Å². The molecule has 52 valence electrons. The maximum absolute atomic E-state index is 10.2. The second-order valence-electron chi connectivity index (χ2n) is 2.63. The van der Waals surface area contributed by atoms with Crippen molar-refractivity contribution in [1.29, 1.82) is 0 Å². The predicted octanol–water partition coefficient (Wildman–Crippen LogP) is 1.97. The third-order valence-electron chi connectivity index (χ3n) is 1.74. The molecule has 0 aliphatic heterocycles. The molecule has 1 saturated carbocycles. The zero-order chi connectivity index (χ0) is 6.97. The van der Waals surface area contributed by atoms with E-state index in [9.17, 15) is 4.79 Å². The van der Waals surface area contributed by atoms with Crippen LogP contribution in [0.4, 0.5) is 0 Å². The molecule has 0 unspecified atom stereocenters. The van der Waals surface area contributed by atoms with Crippen molar-refractivity contribution in [2.24, 2.45) is 0 Å². The summed E-state index contributed by atoms with van der Waals surface area (Å²) >= 11 is 0. The Morgan fingerprint density at radius 3 is 2.80 bits per heavy atom. The van der Waals surface area contributed by atoms with Crippen LogP contribution in [0.5, 0.6) is 0 Å². The highest BCUT2D eigenvalue weighted by molar-refractivity contribution is 5.70. The Bertz CT molecular complexity index is 246. The topological polar surface area (TPSA) is 30.2 Å². The van der Waals surface area contributed by atoms with Crippen molar-refractivity contribution in [3.63, 3.8) is 0 Å². The monoisotopic (exact) mass is 136 g/mol. The van der Waals surface area contributed by atoms with E-state index in [1.165, 1.54) is 12.8 Å². The van der Waals surface area contributed by atoms with Gasteiger partial charge in [0.2, 0.25) is 0 Å². The van der Waals surface area contributed by atoms with Crippen molar-refractivity contribution in [3.05, 3.63) is 23.7 Å². The van der Waals surface area contributed by atoms with Gasteiger partial charge in [0.15, 0.2) is 12.0 Å². The molecule has 1 aromatic rings. The van der Waals surface area contributed by atoms with Crippen LogP contribution in [-0.2, 0) is 0 Å². The summed E-state index contributed by atoms with van der Waals surface area (Å²) in [6, 6.07) is 3.61. The van der Waals surface area contributed by atoms with E-state index in [4.69, 9.17) is 4.42 Å². The maximum atomic E-state index is 10.2. The molecule has 2 nitrogen and oxygen atoms in total. The van der Waals surface area contributed by atoms with Gasteiger partial charge in [0.1, 0.15) is 5.76 Å². The lowest BCUT2D eigenvalue weighted by molar-refractivity contribution is 0.109. The molecule has 0 N–H and O–H groups in total. The van der Waals surface area contributed by atoms with Crippen LogP contribution in [0.1, 0.15) is 35.1 Å². The van der Waals surface area contributed by atoms with E-state index in [1.54, 1.807) is 6.07 Å². The molecule has 1 aliphatic rings. The molecular weight excluding hydrogens is 128 g/mol. The van der Waals surface area contributed by atoms with E-state index < -0.39 is 0 Å². The molecular formula is C8H8O2. The Morgan fingerprint density at radius 1 is 1.50 bits per heavy atom. The quantitative estimate of drug-likeness (QED) is 0.582. The molecule has 10 heavy (non-hydrogen) atoms. The lowest BCUT2D eigenvalue weighted by Crippen LogP contribution is -1.71. The molecule has 0 spiro atoms. The number of rotatable bonds is 2. The highest BCUT2D eigenvalue weighted by atomic mass is 16.3. The Morgan fingerprint density at radius 2 is 2.30 bits per heavy atom. The fourth-order valence-electron chi connectivity index (χ4n) is 1.02. The first kappa shape index (κ1) is 5.71. The van der Waals surface area contributed by atoms with Gasteiger partial charge in [0.05, 0.1) is 0 Å². The van der Waals surface area contributed by atoms with Crippen LogP contribution in [0.2, 0.25) is 0 Å². The minimum absolute atomic E-state index is 0.446. The van der Waals surface area contributed by atoms with Crippen LogP contribution in [0.25, 0.3) is 0 Å². The molecule has 1 fully saturated rings. The number of furan rings is 1. The molecule has 0 bridgehead atoms. The first-order valence-electron chi connectivity index (χ1n) is 3.45. The first-order valence-corrected chi connectivity index (χ1v) is 3.45. The van der Waals surface area contributed by atoms with Crippen molar-refractivity contribution >= 4 is 6.29 Å². The highest BCUT2D eigenvalue weighted by Gasteiger charge is 2.26. The highest BCUT2D eigenvalue weighted by Crippen LogP contribution is 2.40. The van der Waals surface area contributed by atoms with E-state index in [2.05, 4.69) is 0 Å². The fourth-order valence-corrected chi connectivity index (χ4v) is 1.02. The molecule has 1 aromatic heterocycles. The summed E-state index contributed by atoms with van der Waals surface area (Å²) in [5.74, 6) is 2.03. The van der Waals surface area contributed by atoms with Gasteiger partial charge in [-0.2, -0.15) is 0 Å². The SMILES string of the molecule is O=Cc1ccc(C2CC2)o1. The normalized spacial score (nSPS) is 17.2. The summed E-state index contributed by atoms with van der Waals surface area (Å²) in [6.07, 6.45) is 3.17. The zero-order valence-electron chi connectivity index (χ0n) is 5.54. The average Bonchev–Trinajstić information content (AvgIpc) is 2.70. The van der Waals surface area contributed by atoms with E-state index in [0.29, 0.717) is 11.7 Å². The predicted molar refractivity (Wildman–Crippen MR) is 36.1 cm³/mol. The standard InChI is InChI=1S/C8H8O2/c9-5-7-3-4-8(10-7)6-1-2-6/h3-6H,1-2H2. The van der Waals surface area contributed by atoms with Gasteiger partial charge in [0, 0.05) is 5.92 Å². The van der Waals surface area contributed by atoms with Gasteiger partial charge in [-0.05, 0) is 25.0 Å². The minimum atomic E-state index is 0.446. The van der Waals surface area contributed by atoms with Crippen LogP contribution in [0.3, 0.4) is 0 Å². The molecule has 0 aromatic carbocycles. The van der Waals surface area contributed by atoms with Gasteiger partial charge in [-0.15, -0.1) is 0 Å². The fraction of sp³-hybridized carbons (Fsp3) is 0.375. The summed E-state index contributed by atoms with van der Waals surface area (Å²) in [7, 11) is 0. The van der Waals surface area contributed by atoms with Crippen molar-refractivity contribution < 1.29 is 9.21 Å². The summed E-state index contributed by atoms with van der Waals surface area (Å²) < 4.78 is 5.19. The second-order valence-corrected chi connectivity index (χ2v) is 2.63. The number of hydrogen-bond acceptors (Lipinski definition) is 2. The Balaban J connectivity index is 2.26. The van der Waals surface area contributed by atoms with Crippen molar-refractivity contribution in [1.82, 2.24) is 0 Å². The third-order valence-corrected chi connectivity index (χ3v) is 1.74. The number of hydrogen-bond donors (Lipinski definition) is 0. The largest absolute Gasteiger partial charge is 0.458 e. The van der Waals surface area contributed by atoms with E-state index >= 15 is 0 Å². The van der Waals surface area contributed by atoms with Crippen molar-refractivity contribution in [2.75, 3.05) is 0 Å². The lowest BCUT2D eigenvalue weighted by Gasteiger charge is -1.85. The minimum Gasteiger partial charge on any atom is -0.458 e. The molecule has 2 heteroatoms. The molecule has 0 saturated heterocycles. The van der Waals surface area contributed by atoms with Crippen molar-refractivity contribution in [2.45, 2.75) is 18.8 Å². The Labute approximate surface area is 58.8 Å². The number of carbonyl (C=O) groups excluding carboxylic acids is 1. The van der Waals surface area contributed by atoms with Crippen LogP contribution in [0, 0.1) is 0 Å². The second kappa shape index (κ2) is 1.97. The van der Waals surface area contributed by atoms with Gasteiger partial charge in [-0.25, -0.2) is 0 Å². The summed E-state index contributed by atoms with van der Waals surface area (Å²) in [5.41, 5.74) is 0. The van der Waals surface area contributed by atoms with Gasteiger partial charge in [-0.3, -0.25) is 4.79 Å². The lowest BCUT2D eigenvalue weighted by atomic mass is 10.3. The summed E-state index contributed by atoms with van der Waals surface area (Å²) in [5, 5.41) is 0. The first-order chi connectivity index (χ1) is 4.90. The molecule has 1 aliphatic carbocycles. The molecule has 0 amide bonds. The number of aldehydes is 1. The zero-order valence-corrected chi connectivity index (χ0v) is 5.54. The van der Waals surface area contributed by atoms with Gasteiger partial charge in [-0.1, -0.05) is 0 Å². The molecule has 0 atom stereocenters. The van der Waals surface area contributed by atoms with E-state index in [1.807, 2.05) is 6.07 Å². The van der Waals surface area contributed by atoms with Crippen LogP contribution in [-0.4, -0.2) is 6.29 Å². The van der Waals surface area contributed by atoms with E-state index in [-0.39, 0.29) is 0 Å². The summed E-state index contributed by atoms with van der Waals surface area (Å²) in [6.45, 7) is 0. The van der Waals surface area contributed by atoms with E-state index in [0.717, 1.165) is 12.0 Å². The van der Waals surface area contributed by atoms with Crippen LogP contribution >= 0.6 is 0 Å². The summed E-state index contributed by atoms with van der Waals surface area (Å²) in [4.78, 5) is 10.2. The van der Waals surface area contributed by atoms with Gasteiger partial charge in [0.25, 0.3) is 0 Å². The molecule has 0 radical (unpaired) electrons. The van der Waals surface area contributed by atoms with Gasteiger partial charge < -0.3 is 4.42 Å². The molecule has 2 rings (SSSR count). The van der Waals surface area contributed by atoms with Crippen molar-refractivity contribution in [3.8, 4) is 0 Å². The Hall–Kier alpha value is -1.05.